The molecule has 9 nitrogen and oxygen atoms in total. The lowest BCUT2D eigenvalue weighted by Crippen LogP contribution is -2.37. The molecule has 0 aliphatic carbocycles. The van der Waals surface area contributed by atoms with Crippen molar-refractivity contribution in [3.63, 3.8) is 0 Å². The number of ether oxygens (including phenoxy) is 2. The Morgan fingerprint density at radius 3 is 1.18 bits per heavy atom. The molecule has 0 aliphatic heterocycles. The molecule has 0 aromatic heterocycles. The van der Waals surface area contributed by atoms with Gasteiger partial charge in [0, 0.05) is 12.8 Å². The summed E-state index contributed by atoms with van der Waals surface area (Å²) < 4.78 is 34.4. The molecular weight excluding hydrogens is 930 g/mol. The van der Waals surface area contributed by atoms with E-state index in [4.69, 9.17) is 18.5 Å². The summed E-state index contributed by atoms with van der Waals surface area (Å²) in [5, 5.41) is 0. The van der Waals surface area contributed by atoms with E-state index in [1.807, 2.05) is 21.1 Å². The maximum atomic E-state index is 12.8. The zero-order valence-electron chi connectivity index (χ0n) is 46.8. The molecule has 0 amide bonds. The van der Waals surface area contributed by atoms with E-state index in [2.05, 4.69) is 148 Å². The Morgan fingerprint density at radius 2 is 0.781 bits per heavy atom. The number of nitrogens with zero attached hydrogens (tertiary/aromatic N) is 1. The average molecular weight is 1040 g/mol. The molecule has 0 aliphatic rings. The fourth-order valence-electron chi connectivity index (χ4n) is 7.04. The number of allylic oxidation sites excluding steroid dienone is 22. The van der Waals surface area contributed by atoms with Crippen LogP contribution in [0.3, 0.4) is 0 Å². The van der Waals surface area contributed by atoms with Gasteiger partial charge in [-0.1, -0.05) is 205 Å². The molecule has 0 fully saturated rings. The molecule has 1 N–H and O–H groups in total. The van der Waals surface area contributed by atoms with Crippen LogP contribution >= 0.6 is 7.82 Å². The molecule has 0 bridgehead atoms. The van der Waals surface area contributed by atoms with E-state index in [-0.39, 0.29) is 32.0 Å². The second kappa shape index (κ2) is 53.0. The number of likely N-dealkylation sites (N-methyl/N-ethyl adjacent to an activating group) is 1. The van der Waals surface area contributed by atoms with Gasteiger partial charge in [-0.2, -0.15) is 0 Å². The van der Waals surface area contributed by atoms with Crippen molar-refractivity contribution in [2.75, 3.05) is 47.5 Å². The predicted molar refractivity (Wildman–Crippen MR) is 311 cm³/mol. The molecule has 2 unspecified atom stereocenters. The van der Waals surface area contributed by atoms with Gasteiger partial charge in [0.25, 0.3) is 0 Å². The summed E-state index contributed by atoms with van der Waals surface area (Å²) in [4.78, 5) is 35.5. The van der Waals surface area contributed by atoms with Gasteiger partial charge in [0.05, 0.1) is 27.7 Å². The summed E-state index contributed by atoms with van der Waals surface area (Å²) >= 11 is 0. The van der Waals surface area contributed by atoms with Crippen molar-refractivity contribution in [2.24, 2.45) is 0 Å². The topological polar surface area (TPSA) is 108 Å². The van der Waals surface area contributed by atoms with Crippen LogP contribution in [0.25, 0.3) is 0 Å². The first-order chi connectivity index (χ1) is 35.5. The smallest absolute Gasteiger partial charge is 0.462 e. The minimum Gasteiger partial charge on any atom is -0.462 e. The fraction of sp³-hybridized carbons (Fsp3) is 0.619. The summed E-state index contributed by atoms with van der Waals surface area (Å²) in [5.74, 6) is -0.836. The highest BCUT2D eigenvalue weighted by Crippen LogP contribution is 2.43. The number of quaternary nitrogens is 1. The third kappa shape index (κ3) is 57.3. The van der Waals surface area contributed by atoms with Crippen molar-refractivity contribution in [1.82, 2.24) is 0 Å². The number of hydrogen-bond acceptors (Lipinski definition) is 7. The zero-order chi connectivity index (χ0) is 53.5. The van der Waals surface area contributed by atoms with E-state index >= 15 is 0 Å². The first-order valence-electron chi connectivity index (χ1n) is 28.4. The van der Waals surface area contributed by atoms with Crippen LogP contribution < -0.4 is 0 Å². The molecule has 0 aromatic rings. The summed E-state index contributed by atoms with van der Waals surface area (Å²) in [6.07, 6.45) is 76.7. The molecular formula is C63H105NO8P+. The van der Waals surface area contributed by atoms with Crippen LogP contribution in [-0.4, -0.2) is 74.9 Å². The highest BCUT2D eigenvalue weighted by molar-refractivity contribution is 7.47. The molecule has 10 heteroatoms. The largest absolute Gasteiger partial charge is 0.472 e. The molecule has 2 atom stereocenters. The number of carbonyl (C=O) groups excluding carboxylic acids is 2. The number of carbonyl (C=O) groups is 2. The standard InChI is InChI=1S/C63H104NO8P/c1-6-8-10-12-14-16-18-20-21-22-23-24-25-26-27-28-29-30-31-32-33-34-35-36-37-38-39-40-41-42-43-44-46-48-50-52-54-56-63(66)72-61(60-71-73(67,68)70-58-57-64(3,4)5)59-69-62(65)55-53-51-49-47-45-19-17-15-13-11-9-7-2/h8,10,14-17,20-21,23-24,26-27,29-30,32-33,35-36,38-39,41-42,61H,6-7,9,11-13,18-19,22,25,28,31,34,37,40,43-60H2,1-5H3/p+1/b10-8-,16-14-,17-15-,21-20-,24-23-,27-26-,30-29-,33-32-,36-35-,39-38-,42-41-. The molecule has 0 rings (SSSR count). The lowest BCUT2D eigenvalue weighted by molar-refractivity contribution is -0.870. The van der Waals surface area contributed by atoms with Crippen LogP contribution in [0.5, 0.6) is 0 Å². The molecule has 0 heterocycles. The van der Waals surface area contributed by atoms with Crippen LogP contribution in [-0.2, 0) is 32.7 Å². The molecule has 0 spiro atoms. The Labute approximate surface area is 447 Å². The Hall–Kier alpha value is -3.85. The maximum Gasteiger partial charge on any atom is 0.472 e. The fourth-order valence-corrected chi connectivity index (χ4v) is 7.78. The third-order valence-electron chi connectivity index (χ3n) is 11.4. The number of rotatable bonds is 50. The number of phosphoric acid groups is 1. The van der Waals surface area contributed by atoms with Crippen molar-refractivity contribution in [3.05, 3.63) is 134 Å². The van der Waals surface area contributed by atoms with Crippen molar-refractivity contribution >= 4 is 19.8 Å². The summed E-state index contributed by atoms with van der Waals surface area (Å²) in [6.45, 7) is 4.23. The Kier molecular flexibility index (Phi) is 50.2. The van der Waals surface area contributed by atoms with E-state index in [1.54, 1.807) is 0 Å². The highest BCUT2D eigenvalue weighted by Gasteiger charge is 2.27. The first kappa shape index (κ1) is 69.2. The van der Waals surface area contributed by atoms with Gasteiger partial charge in [0.2, 0.25) is 0 Å². The van der Waals surface area contributed by atoms with E-state index in [0.717, 1.165) is 148 Å². The lowest BCUT2D eigenvalue weighted by Gasteiger charge is -2.24. The SMILES string of the molecule is CC/C=C\C/C=C\C/C=C\C/C=C\C/C=C\C/C=C\C/C=C\C/C=C\C/C=C\C/C=C\CCCCCCCCC(=O)OC(COC(=O)CCCCCCC/C=C\CCCCC)COP(=O)(O)OCC[N+](C)(C)C. The minimum atomic E-state index is -4.40. The van der Waals surface area contributed by atoms with Crippen LogP contribution in [0, 0.1) is 0 Å². The van der Waals surface area contributed by atoms with E-state index in [9.17, 15) is 19.0 Å². The number of unbranched alkanes of at least 4 members (excludes halogenated alkanes) is 14. The van der Waals surface area contributed by atoms with Gasteiger partial charge in [-0.3, -0.25) is 18.6 Å². The quantitative estimate of drug-likeness (QED) is 0.0211. The van der Waals surface area contributed by atoms with Gasteiger partial charge < -0.3 is 18.9 Å². The Morgan fingerprint density at radius 1 is 0.438 bits per heavy atom. The molecule has 0 saturated heterocycles. The molecule has 0 aromatic carbocycles. The van der Waals surface area contributed by atoms with Crippen LogP contribution in [0.2, 0.25) is 0 Å². The molecule has 0 saturated carbocycles. The Bertz CT molecular complexity index is 1690. The van der Waals surface area contributed by atoms with Crippen LogP contribution in [0.15, 0.2) is 134 Å². The van der Waals surface area contributed by atoms with E-state index in [1.165, 1.54) is 19.3 Å². The maximum absolute atomic E-state index is 12.8. The second-order valence-corrected chi connectivity index (χ2v) is 21.0. The lowest BCUT2D eigenvalue weighted by atomic mass is 10.1. The summed E-state index contributed by atoms with van der Waals surface area (Å²) in [6, 6.07) is 0. The predicted octanol–water partition coefficient (Wildman–Crippen LogP) is 17.8. The monoisotopic (exact) mass is 1030 g/mol. The summed E-state index contributed by atoms with van der Waals surface area (Å²) in [5.41, 5.74) is 0. The first-order valence-corrected chi connectivity index (χ1v) is 29.9. The van der Waals surface area contributed by atoms with Gasteiger partial charge in [-0.15, -0.1) is 0 Å². The molecule has 73 heavy (non-hydrogen) atoms. The van der Waals surface area contributed by atoms with E-state index in [0.29, 0.717) is 17.4 Å². The minimum absolute atomic E-state index is 0.0204. The highest BCUT2D eigenvalue weighted by atomic mass is 31.2. The van der Waals surface area contributed by atoms with Crippen molar-refractivity contribution in [3.8, 4) is 0 Å². The third-order valence-corrected chi connectivity index (χ3v) is 12.4. The Balaban J connectivity index is 4.18. The number of phosphoric ester groups is 1. The number of esters is 2. The van der Waals surface area contributed by atoms with E-state index < -0.39 is 26.5 Å². The van der Waals surface area contributed by atoms with Crippen molar-refractivity contribution in [2.45, 2.75) is 206 Å². The van der Waals surface area contributed by atoms with Crippen LogP contribution in [0.1, 0.15) is 200 Å². The zero-order valence-corrected chi connectivity index (χ0v) is 47.7. The van der Waals surface area contributed by atoms with Gasteiger partial charge in [0.15, 0.2) is 6.10 Å². The normalized spacial score (nSPS) is 14.3. The number of hydrogen-bond donors (Lipinski definition) is 1. The molecule has 0 radical (unpaired) electrons. The molecule has 414 valence electrons. The van der Waals surface area contributed by atoms with Crippen molar-refractivity contribution < 1.29 is 42.1 Å². The van der Waals surface area contributed by atoms with Crippen molar-refractivity contribution in [1.29, 1.82) is 0 Å². The second-order valence-electron chi connectivity index (χ2n) is 19.6. The van der Waals surface area contributed by atoms with Gasteiger partial charge in [-0.25, -0.2) is 4.57 Å². The van der Waals surface area contributed by atoms with Gasteiger partial charge in [-0.05, 0) is 116 Å². The average Bonchev–Trinajstić information content (AvgIpc) is 3.35. The van der Waals surface area contributed by atoms with Crippen LogP contribution in [0.4, 0.5) is 0 Å². The van der Waals surface area contributed by atoms with Gasteiger partial charge >= 0.3 is 19.8 Å². The summed E-state index contributed by atoms with van der Waals surface area (Å²) in [7, 11) is 1.44. The van der Waals surface area contributed by atoms with Gasteiger partial charge in [0.1, 0.15) is 19.8 Å².